The zero-order chi connectivity index (χ0) is 10.8. The molecule has 0 aliphatic rings. The van der Waals surface area contributed by atoms with E-state index in [1.807, 2.05) is 0 Å². The lowest BCUT2D eigenvalue weighted by Crippen LogP contribution is -2.29. The molecule has 2 rings (SSSR count). The van der Waals surface area contributed by atoms with Gasteiger partial charge in [-0.3, -0.25) is 4.68 Å². The molecule has 1 heterocycles. The van der Waals surface area contributed by atoms with Gasteiger partial charge in [-0.2, -0.15) is 0 Å². The Labute approximate surface area is 87.1 Å². The van der Waals surface area contributed by atoms with Crippen LogP contribution >= 0.6 is 0 Å². The van der Waals surface area contributed by atoms with Gasteiger partial charge in [-0.15, -0.1) is 5.10 Å². The zero-order valence-electron chi connectivity index (χ0n) is 8.20. The summed E-state index contributed by atoms with van der Waals surface area (Å²) in [4.78, 5) is 0. The zero-order valence-corrected chi connectivity index (χ0v) is 8.20. The van der Waals surface area contributed by atoms with Gasteiger partial charge < -0.3 is 10.0 Å². The Balaban J connectivity index is 2.31. The van der Waals surface area contributed by atoms with Gasteiger partial charge in [0.1, 0.15) is 5.69 Å². The number of nitrogens with zero attached hydrogens (tertiary/aromatic N) is 3. The normalized spacial score (nSPS) is 10.3. The molecule has 15 heavy (non-hydrogen) atoms. The van der Waals surface area contributed by atoms with Crippen LogP contribution in [0.25, 0.3) is 11.3 Å². The van der Waals surface area contributed by atoms with Crippen molar-refractivity contribution in [3.63, 3.8) is 0 Å². The molecule has 2 aromatic rings. The molecular formula is C9H10BN3O2. The van der Waals surface area contributed by atoms with Gasteiger partial charge in [-0.05, 0) is 5.46 Å². The van der Waals surface area contributed by atoms with Gasteiger partial charge in [0, 0.05) is 12.6 Å². The molecule has 0 unspecified atom stereocenters. The number of hydrogen-bond donors (Lipinski definition) is 2. The van der Waals surface area contributed by atoms with E-state index < -0.39 is 7.12 Å². The van der Waals surface area contributed by atoms with Crippen LogP contribution in [0.3, 0.4) is 0 Å². The van der Waals surface area contributed by atoms with Crippen molar-refractivity contribution in [3.05, 3.63) is 30.5 Å². The van der Waals surface area contributed by atoms with Gasteiger partial charge in [0.25, 0.3) is 0 Å². The van der Waals surface area contributed by atoms with E-state index in [0.29, 0.717) is 5.46 Å². The Hall–Kier alpha value is -1.66. The highest BCUT2D eigenvalue weighted by Gasteiger charge is 2.10. The van der Waals surface area contributed by atoms with Gasteiger partial charge in [0.05, 0.1) is 6.20 Å². The average molecular weight is 203 g/mol. The second-order valence-electron chi connectivity index (χ2n) is 3.27. The minimum Gasteiger partial charge on any atom is -0.423 e. The monoisotopic (exact) mass is 203 g/mol. The molecule has 0 saturated carbocycles. The summed E-state index contributed by atoms with van der Waals surface area (Å²) in [5.74, 6) is 0. The maximum absolute atomic E-state index is 8.91. The third kappa shape index (κ3) is 2.06. The van der Waals surface area contributed by atoms with Gasteiger partial charge in [-0.1, -0.05) is 29.5 Å². The smallest absolute Gasteiger partial charge is 0.423 e. The number of benzene rings is 1. The SMILES string of the molecule is Cn1cc(-c2ccc(B(O)O)cc2)nn1. The topological polar surface area (TPSA) is 71.2 Å². The lowest BCUT2D eigenvalue weighted by atomic mass is 9.80. The van der Waals surface area contributed by atoms with E-state index in [0.717, 1.165) is 11.3 Å². The summed E-state index contributed by atoms with van der Waals surface area (Å²) in [5.41, 5.74) is 2.12. The van der Waals surface area contributed by atoms with Crippen molar-refractivity contribution < 1.29 is 10.0 Å². The van der Waals surface area contributed by atoms with Crippen LogP contribution in [0.4, 0.5) is 0 Å². The summed E-state index contributed by atoms with van der Waals surface area (Å²) in [6, 6.07) is 6.85. The van der Waals surface area contributed by atoms with Crippen molar-refractivity contribution in [2.24, 2.45) is 7.05 Å². The standard InChI is InChI=1S/C9H10BN3O2/c1-13-6-9(11-12-13)7-2-4-8(5-3-7)10(14)15/h2-6,14-15H,1H3. The summed E-state index contributed by atoms with van der Waals surface area (Å²) >= 11 is 0. The first kappa shape index (κ1) is 9.88. The van der Waals surface area contributed by atoms with Gasteiger partial charge in [0.15, 0.2) is 0 Å². The first-order chi connectivity index (χ1) is 7.16. The fourth-order valence-electron chi connectivity index (χ4n) is 1.31. The highest BCUT2D eigenvalue weighted by Crippen LogP contribution is 2.13. The second-order valence-corrected chi connectivity index (χ2v) is 3.27. The van der Waals surface area contributed by atoms with Crippen LogP contribution in [0.2, 0.25) is 0 Å². The molecule has 0 aliphatic carbocycles. The molecule has 0 amide bonds. The van der Waals surface area contributed by atoms with Crippen LogP contribution in [0.5, 0.6) is 0 Å². The molecule has 0 atom stereocenters. The Kier molecular flexibility index (Phi) is 2.53. The summed E-state index contributed by atoms with van der Waals surface area (Å²) < 4.78 is 1.62. The van der Waals surface area contributed by atoms with E-state index in [1.54, 1.807) is 42.2 Å². The first-order valence-corrected chi connectivity index (χ1v) is 4.49. The Morgan fingerprint density at radius 1 is 1.20 bits per heavy atom. The van der Waals surface area contributed by atoms with Crippen LogP contribution in [-0.2, 0) is 7.05 Å². The lowest BCUT2D eigenvalue weighted by molar-refractivity contribution is 0.426. The van der Waals surface area contributed by atoms with Crippen molar-refractivity contribution in [2.45, 2.75) is 0 Å². The summed E-state index contributed by atoms with van der Waals surface area (Å²) in [6.45, 7) is 0. The molecule has 0 saturated heterocycles. The third-order valence-electron chi connectivity index (χ3n) is 2.11. The van der Waals surface area contributed by atoms with Crippen LogP contribution in [0, 0.1) is 0 Å². The maximum atomic E-state index is 8.91. The van der Waals surface area contributed by atoms with Gasteiger partial charge in [0.2, 0.25) is 0 Å². The number of aryl methyl sites for hydroxylation is 1. The maximum Gasteiger partial charge on any atom is 0.488 e. The first-order valence-electron chi connectivity index (χ1n) is 4.49. The average Bonchev–Trinajstić information content (AvgIpc) is 2.65. The lowest BCUT2D eigenvalue weighted by Gasteiger charge is -1.99. The Morgan fingerprint density at radius 2 is 1.87 bits per heavy atom. The van der Waals surface area contributed by atoms with E-state index in [4.69, 9.17) is 10.0 Å². The molecule has 0 fully saturated rings. The van der Waals surface area contributed by atoms with E-state index in [9.17, 15) is 0 Å². The van der Waals surface area contributed by atoms with Gasteiger partial charge >= 0.3 is 7.12 Å². The largest absolute Gasteiger partial charge is 0.488 e. The van der Waals surface area contributed by atoms with Crippen LogP contribution < -0.4 is 5.46 Å². The molecular weight excluding hydrogens is 193 g/mol. The van der Waals surface area contributed by atoms with Crippen LogP contribution in [-0.4, -0.2) is 32.2 Å². The minimum atomic E-state index is -1.43. The molecule has 76 valence electrons. The van der Waals surface area contributed by atoms with Crippen molar-refractivity contribution in [1.82, 2.24) is 15.0 Å². The molecule has 1 aromatic heterocycles. The predicted octanol–water partition coefficient (Wildman–Crippen LogP) is -0.838. The van der Waals surface area contributed by atoms with E-state index >= 15 is 0 Å². The molecule has 6 heteroatoms. The van der Waals surface area contributed by atoms with Crippen molar-refractivity contribution in [1.29, 1.82) is 0 Å². The highest BCUT2D eigenvalue weighted by atomic mass is 16.4. The molecule has 0 spiro atoms. The molecule has 5 nitrogen and oxygen atoms in total. The fraction of sp³-hybridized carbons (Fsp3) is 0.111. The van der Waals surface area contributed by atoms with E-state index in [-0.39, 0.29) is 0 Å². The van der Waals surface area contributed by atoms with Crippen LogP contribution in [0.15, 0.2) is 30.5 Å². The molecule has 0 bridgehead atoms. The Morgan fingerprint density at radius 3 is 2.33 bits per heavy atom. The van der Waals surface area contributed by atoms with Crippen molar-refractivity contribution in [3.8, 4) is 11.3 Å². The number of rotatable bonds is 2. The highest BCUT2D eigenvalue weighted by molar-refractivity contribution is 6.58. The van der Waals surface area contributed by atoms with Crippen molar-refractivity contribution in [2.75, 3.05) is 0 Å². The summed E-state index contributed by atoms with van der Waals surface area (Å²) in [6.07, 6.45) is 1.80. The van der Waals surface area contributed by atoms with E-state index in [2.05, 4.69) is 10.3 Å². The molecule has 1 aromatic carbocycles. The quantitative estimate of drug-likeness (QED) is 0.624. The summed E-state index contributed by atoms with van der Waals surface area (Å²) in [7, 11) is 0.364. The molecule has 0 radical (unpaired) electrons. The van der Waals surface area contributed by atoms with E-state index in [1.165, 1.54) is 0 Å². The Bertz CT molecular complexity index is 453. The molecule has 0 aliphatic heterocycles. The second kappa shape index (κ2) is 3.84. The minimum absolute atomic E-state index is 0.461. The third-order valence-corrected chi connectivity index (χ3v) is 2.11. The number of hydrogen-bond acceptors (Lipinski definition) is 4. The molecule has 2 N–H and O–H groups in total. The summed E-state index contributed by atoms with van der Waals surface area (Å²) in [5, 5.41) is 25.6. The predicted molar refractivity (Wildman–Crippen MR) is 56.3 cm³/mol. The fourth-order valence-corrected chi connectivity index (χ4v) is 1.31. The van der Waals surface area contributed by atoms with Crippen LogP contribution in [0.1, 0.15) is 0 Å². The van der Waals surface area contributed by atoms with Gasteiger partial charge in [-0.25, -0.2) is 0 Å². The van der Waals surface area contributed by atoms with Crippen molar-refractivity contribution >= 4 is 12.6 Å². The number of aromatic nitrogens is 3.